The Bertz CT molecular complexity index is 1030. The molecule has 3 N–H and O–H groups in total. The van der Waals surface area contributed by atoms with E-state index in [4.69, 9.17) is 0 Å². The van der Waals surface area contributed by atoms with Gasteiger partial charge in [-0.3, -0.25) is 9.59 Å². The Hall–Kier alpha value is -3.35. The minimum atomic E-state index is -0.237. The zero-order valence-corrected chi connectivity index (χ0v) is 20.5. The molecule has 4 rings (SSSR count). The number of piperidine rings is 1. The van der Waals surface area contributed by atoms with Gasteiger partial charge in [-0.2, -0.15) is 0 Å². The Morgan fingerprint density at radius 1 is 0.886 bits per heavy atom. The highest BCUT2D eigenvalue weighted by molar-refractivity contribution is 5.97. The summed E-state index contributed by atoms with van der Waals surface area (Å²) < 4.78 is 0. The van der Waals surface area contributed by atoms with Gasteiger partial charge < -0.3 is 20.9 Å². The number of rotatable bonds is 6. The van der Waals surface area contributed by atoms with Crippen molar-refractivity contribution in [1.29, 1.82) is 0 Å². The van der Waals surface area contributed by atoms with Gasteiger partial charge in [0.1, 0.15) is 0 Å². The molecule has 2 aromatic rings. The third-order valence-corrected chi connectivity index (χ3v) is 7.02. The standard InChI is InChI=1S/C28H36N4O3/c1-20-12-14-24(15-13-20)31-28(35)29-18-21-7-6-16-32(19-21)27(34)23-10-5-11-25(17-23)30-26(33)22-8-3-2-4-9-22/h5,10-15,17,21-22H,2-4,6-9,16,18-19H2,1H3,(H,30,33)(H2,29,31,35). The number of nitrogens with zero attached hydrogens (tertiary/aromatic N) is 1. The van der Waals surface area contributed by atoms with Crippen LogP contribution >= 0.6 is 0 Å². The topological polar surface area (TPSA) is 90.5 Å². The highest BCUT2D eigenvalue weighted by Crippen LogP contribution is 2.25. The Morgan fingerprint density at radius 3 is 2.43 bits per heavy atom. The van der Waals surface area contributed by atoms with Crippen molar-refractivity contribution < 1.29 is 14.4 Å². The monoisotopic (exact) mass is 476 g/mol. The lowest BCUT2D eigenvalue weighted by atomic mass is 9.88. The molecule has 1 aliphatic carbocycles. The van der Waals surface area contributed by atoms with E-state index in [1.54, 1.807) is 12.1 Å². The smallest absolute Gasteiger partial charge is 0.319 e. The maximum Gasteiger partial charge on any atom is 0.319 e. The fraction of sp³-hybridized carbons (Fsp3) is 0.464. The summed E-state index contributed by atoms with van der Waals surface area (Å²) in [5.41, 5.74) is 3.15. The zero-order valence-electron chi connectivity index (χ0n) is 20.5. The molecule has 186 valence electrons. The molecular weight excluding hydrogens is 440 g/mol. The highest BCUT2D eigenvalue weighted by Gasteiger charge is 2.26. The molecule has 4 amide bonds. The average Bonchev–Trinajstić information content (AvgIpc) is 2.89. The number of benzene rings is 2. The van der Waals surface area contributed by atoms with Crippen molar-refractivity contribution in [3.8, 4) is 0 Å². The lowest BCUT2D eigenvalue weighted by Gasteiger charge is -2.33. The maximum atomic E-state index is 13.2. The lowest BCUT2D eigenvalue weighted by molar-refractivity contribution is -0.120. The summed E-state index contributed by atoms with van der Waals surface area (Å²) in [7, 11) is 0. The summed E-state index contributed by atoms with van der Waals surface area (Å²) in [6.45, 7) is 3.81. The molecule has 2 fully saturated rings. The van der Waals surface area contributed by atoms with Crippen molar-refractivity contribution in [2.75, 3.05) is 30.3 Å². The number of hydrogen-bond acceptors (Lipinski definition) is 3. The van der Waals surface area contributed by atoms with Gasteiger partial charge in [0.25, 0.3) is 5.91 Å². The predicted molar refractivity (Wildman–Crippen MR) is 138 cm³/mol. The second-order valence-corrected chi connectivity index (χ2v) is 9.87. The molecular formula is C28H36N4O3. The van der Waals surface area contributed by atoms with Gasteiger partial charge in [0.2, 0.25) is 5.91 Å². The Balaban J connectivity index is 1.28. The van der Waals surface area contributed by atoms with Crippen LogP contribution in [0.4, 0.5) is 16.2 Å². The molecule has 35 heavy (non-hydrogen) atoms. The van der Waals surface area contributed by atoms with Gasteiger partial charge in [0.15, 0.2) is 0 Å². The van der Waals surface area contributed by atoms with Gasteiger partial charge in [-0.1, -0.05) is 43.0 Å². The van der Waals surface area contributed by atoms with E-state index in [9.17, 15) is 14.4 Å². The Labute approximate surface area is 207 Å². The molecule has 0 radical (unpaired) electrons. The Morgan fingerprint density at radius 2 is 1.66 bits per heavy atom. The van der Waals surface area contributed by atoms with E-state index in [0.717, 1.165) is 49.8 Å². The van der Waals surface area contributed by atoms with E-state index in [0.29, 0.717) is 30.9 Å². The van der Waals surface area contributed by atoms with Crippen LogP contribution in [0.15, 0.2) is 48.5 Å². The molecule has 1 atom stereocenters. The zero-order chi connectivity index (χ0) is 24.6. The summed E-state index contributed by atoms with van der Waals surface area (Å²) in [6, 6.07) is 14.7. The van der Waals surface area contributed by atoms with Gasteiger partial charge in [0, 0.05) is 42.5 Å². The minimum absolute atomic E-state index is 0.0347. The van der Waals surface area contributed by atoms with Crippen LogP contribution in [0.1, 0.15) is 60.9 Å². The number of likely N-dealkylation sites (tertiary alicyclic amines) is 1. The van der Waals surface area contributed by atoms with Crippen LogP contribution < -0.4 is 16.0 Å². The van der Waals surface area contributed by atoms with Gasteiger partial charge in [-0.05, 0) is 68.9 Å². The SMILES string of the molecule is Cc1ccc(NC(=O)NCC2CCCN(C(=O)c3cccc(NC(=O)C4CCCCC4)c3)C2)cc1. The number of urea groups is 1. The van der Waals surface area contributed by atoms with E-state index < -0.39 is 0 Å². The molecule has 1 aliphatic heterocycles. The van der Waals surface area contributed by atoms with E-state index >= 15 is 0 Å². The third-order valence-electron chi connectivity index (χ3n) is 7.02. The summed E-state index contributed by atoms with van der Waals surface area (Å²) in [4.78, 5) is 39.9. The molecule has 0 aromatic heterocycles. The van der Waals surface area contributed by atoms with Crippen LogP contribution in [0.5, 0.6) is 0 Å². The van der Waals surface area contributed by atoms with E-state index in [1.165, 1.54) is 6.42 Å². The van der Waals surface area contributed by atoms with Crippen LogP contribution in [-0.4, -0.2) is 42.4 Å². The first-order chi connectivity index (χ1) is 17.0. The lowest BCUT2D eigenvalue weighted by Crippen LogP contribution is -2.44. The van der Waals surface area contributed by atoms with Crippen molar-refractivity contribution in [2.45, 2.75) is 51.9 Å². The first-order valence-electron chi connectivity index (χ1n) is 12.8. The van der Waals surface area contributed by atoms with Crippen molar-refractivity contribution in [2.24, 2.45) is 11.8 Å². The molecule has 0 spiro atoms. The van der Waals surface area contributed by atoms with Crippen molar-refractivity contribution in [1.82, 2.24) is 10.2 Å². The first kappa shape index (κ1) is 24.8. The van der Waals surface area contributed by atoms with Gasteiger partial charge in [-0.25, -0.2) is 4.79 Å². The molecule has 7 heteroatoms. The van der Waals surface area contributed by atoms with Gasteiger partial charge in [-0.15, -0.1) is 0 Å². The highest BCUT2D eigenvalue weighted by atomic mass is 16.2. The maximum absolute atomic E-state index is 13.2. The van der Waals surface area contributed by atoms with E-state index in [1.807, 2.05) is 48.2 Å². The molecule has 1 saturated heterocycles. The number of carbonyl (C=O) groups excluding carboxylic acids is 3. The third kappa shape index (κ3) is 7.07. The molecule has 0 bridgehead atoms. The first-order valence-corrected chi connectivity index (χ1v) is 12.8. The predicted octanol–water partition coefficient (Wildman–Crippen LogP) is 5.19. The summed E-state index contributed by atoms with van der Waals surface area (Å²) in [6.07, 6.45) is 7.16. The van der Waals surface area contributed by atoms with Crippen LogP contribution in [0.2, 0.25) is 0 Å². The molecule has 2 aromatic carbocycles. The van der Waals surface area contributed by atoms with Crippen LogP contribution in [-0.2, 0) is 4.79 Å². The van der Waals surface area contributed by atoms with E-state index in [-0.39, 0.29) is 29.7 Å². The molecule has 1 saturated carbocycles. The van der Waals surface area contributed by atoms with E-state index in [2.05, 4.69) is 16.0 Å². The van der Waals surface area contributed by atoms with Crippen molar-refractivity contribution in [3.63, 3.8) is 0 Å². The quantitative estimate of drug-likeness (QED) is 0.536. The normalized spacial score (nSPS) is 18.5. The number of amides is 4. The van der Waals surface area contributed by atoms with Crippen LogP contribution in [0, 0.1) is 18.8 Å². The van der Waals surface area contributed by atoms with Gasteiger partial charge in [0.05, 0.1) is 0 Å². The number of anilines is 2. The largest absolute Gasteiger partial charge is 0.338 e. The Kier molecular flexibility index (Phi) is 8.40. The molecule has 2 aliphatic rings. The molecule has 1 unspecified atom stereocenters. The second-order valence-electron chi connectivity index (χ2n) is 9.87. The van der Waals surface area contributed by atoms with Crippen molar-refractivity contribution in [3.05, 3.63) is 59.7 Å². The van der Waals surface area contributed by atoms with Crippen molar-refractivity contribution >= 4 is 29.2 Å². The average molecular weight is 477 g/mol. The van der Waals surface area contributed by atoms with Crippen LogP contribution in [0.3, 0.4) is 0 Å². The fourth-order valence-corrected chi connectivity index (χ4v) is 4.99. The second kappa shape index (κ2) is 11.9. The molecule has 7 nitrogen and oxygen atoms in total. The summed E-state index contributed by atoms with van der Waals surface area (Å²) in [5.74, 6) is 0.294. The summed E-state index contributed by atoms with van der Waals surface area (Å²) in [5, 5.41) is 8.80. The van der Waals surface area contributed by atoms with Crippen LogP contribution in [0.25, 0.3) is 0 Å². The number of hydrogen-bond donors (Lipinski definition) is 3. The van der Waals surface area contributed by atoms with Gasteiger partial charge >= 0.3 is 6.03 Å². The number of carbonyl (C=O) groups is 3. The minimum Gasteiger partial charge on any atom is -0.338 e. The number of aryl methyl sites for hydroxylation is 1. The number of nitrogens with one attached hydrogen (secondary N) is 3. The fourth-order valence-electron chi connectivity index (χ4n) is 4.99. The summed E-state index contributed by atoms with van der Waals surface area (Å²) >= 11 is 0. The molecule has 1 heterocycles.